The molecule has 0 aliphatic heterocycles. The van der Waals surface area contributed by atoms with Gasteiger partial charge in [0.25, 0.3) is 5.95 Å². The van der Waals surface area contributed by atoms with Crippen LogP contribution in [-0.4, -0.2) is 17.7 Å². The molecular weight excluding hydrogens is 216 g/mol. The summed E-state index contributed by atoms with van der Waals surface area (Å²) < 4.78 is 17.5. The van der Waals surface area contributed by atoms with Gasteiger partial charge in [0.2, 0.25) is 0 Å². The Kier molecular flexibility index (Phi) is 2.84. The van der Waals surface area contributed by atoms with Gasteiger partial charge in [0.15, 0.2) is 5.75 Å². The lowest BCUT2D eigenvalue weighted by atomic mass is 10.4. The Bertz CT molecular complexity index is 260. The lowest BCUT2D eigenvalue weighted by Crippen LogP contribution is -2.02. The maximum Gasteiger partial charge on any atom is 0.569 e. The Morgan fingerprint density at radius 2 is 2.45 bits per heavy atom. The fourth-order valence-corrected chi connectivity index (χ4v) is 0.854. The highest BCUT2D eigenvalue weighted by molar-refractivity contribution is 9.10. The second-order valence-electron chi connectivity index (χ2n) is 1.67. The highest BCUT2D eigenvalue weighted by atomic mass is 79.9. The van der Waals surface area contributed by atoms with E-state index in [1.54, 1.807) is 0 Å². The SMILES string of the molecule is O[B]Oc1cc(Br)cnc1F. The second kappa shape index (κ2) is 3.68. The Morgan fingerprint density at radius 3 is 3.09 bits per heavy atom. The van der Waals surface area contributed by atoms with Crippen molar-refractivity contribution in [1.82, 2.24) is 4.98 Å². The highest BCUT2D eigenvalue weighted by Gasteiger charge is 2.04. The average molecular weight is 219 g/mol. The molecule has 1 heterocycles. The largest absolute Gasteiger partial charge is 0.569 e. The average Bonchev–Trinajstić information content (AvgIpc) is 1.98. The second-order valence-corrected chi connectivity index (χ2v) is 2.58. The fraction of sp³-hybridized carbons (Fsp3) is 0. The molecule has 1 aromatic heterocycles. The maximum atomic E-state index is 12.6. The summed E-state index contributed by atoms with van der Waals surface area (Å²) >= 11 is 3.06. The van der Waals surface area contributed by atoms with E-state index < -0.39 is 5.95 Å². The third kappa shape index (κ3) is 2.16. The third-order valence-corrected chi connectivity index (χ3v) is 1.39. The lowest BCUT2D eigenvalue weighted by molar-refractivity contribution is 0.423. The van der Waals surface area contributed by atoms with Crippen LogP contribution in [0.5, 0.6) is 5.75 Å². The summed E-state index contributed by atoms with van der Waals surface area (Å²) in [6.45, 7) is 0. The first kappa shape index (κ1) is 8.48. The van der Waals surface area contributed by atoms with Crippen molar-refractivity contribution in [3.05, 3.63) is 22.7 Å². The molecule has 1 radical (unpaired) electrons. The topological polar surface area (TPSA) is 42.4 Å². The van der Waals surface area contributed by atoms with Gasteiger partial charge in [-0.1, -0.05) is 0 Å². The molecule has 1 rings (SSSR count). The Balaban J connectivity index is 2.93. The van der Waals surface area contributed by atoms with E-state index in [4.69, 9.17) is 5.02 Å². The summed E-state index contributed by atoms with van der Waals surface area (Å²) in [5, 5.41) is 8.18. The summed E-state index contributed by atoms with van der Waals surface area (Å²) in [4.78, 5) is 3.33. The van der Waals surface area contributed by atoms with Crippen LogP contribution in [0, 0.1) is 5.95 Å². The molecule has 3 nitrogen and oxygen atoms in total. The number of hydrogen-bond acceptors (Lipinski definition) is 3. The number of hydrogen-bond donors (Lipinski definition) is 1. The molecule has 0 unspecified atom stereocenters. The fourth-order valence-electron chi connectivity index (χ4n) is 0.543. The number of nitrogens with zero attached hydrogens (tertiary/aromatic N) is 1. The molecule has 57 valence electrons. The van der Waals surface area contributed by atoms with Gasteiger partial charge in [-0.15, -0.1) is 0 Å². The van der Waals surface area contributed by atoms with Gasteiger partial charge in [-0.25, -0.2) is 4.98 Å². The van der Waals surface area contributed by atoms with Crippen LogP contribution in [0.2, 0.25) is 0 Å². The van der Waals surface area contributed by atoms with Crippen LogP contribution in [0.1, 0.15) is 0 Å². The molecule has 0 saturated heterocycles. The molecule has 0 bridgehead atoms. The molecule has 6 heteroatoms. The number of aromatic nitrogens is 1. The van der Waals surface area contributed by atoms with Crippen LogP contribution in [0.25, 0.3) is 0 Å². The number of halogens is 2. The lowest BCUT2D eigenvalue weighted by Gasteiger charge is -2.01. The first-order valence-corrected chi connectivity index (χ1v) is 3.47. The molecule has 0 aliphatic carbocycles. The molecule has 1 N–H and O–H groups in total. The monoisotopic (exact) mass is 218 g/mol. The predicted molar refractivity (Wildman–Crippen MR) is 40.5 cm³/mol. The molecule has 0 saturated carbocycles. The van der Waals surface area contributed by atoms with Crippen LogP contribution in [-0.2, 0) is 0 Å². The van der Waals surface area contributed by atoms with E-state index in [9.17, 15) is 4.39 Å². The Morgan fingerprint density at radius 1 is 1.73 bits per heavy atom. The van der Waals surface area contributed by atoms with Crippen LogP contribution in [0.15, 0.2) is 16.7 Å². The van der Waals surface area contributed by atoms with E-state index in [2.05, 4.69) is 25.6 Å². The highest BCUT2D eigenvalue weighted by Crippen LogP contribution is 2.18. The van der Waals surface area contributed by atoms with Crippen molar-refractivity contribution >= 4 is 23.6 Å². The van der Waals surface area contributed by atoms with Crippen LogP contribution in [0.3, 0.4) is 0 Å². The van der Waals surface area contributed by atoms with Crippen molar-refractivity contribution in [3.8, 4) is 5.75 Å². The van der Waals surface area contributed by atoms with Gasteiger partial charge in [0, 0.05) is 10.7 Å². The number of rotatable bonds is 2. The van der Waals surface area contributed by atoms with Crippen molar-refractivity contribution in [3.63, 3.8) is 0 Å². The minimum atomic E-state index is -0.765. The van der Waals surface area contributed by atoms with Gasteiger partial charge in [0.1, 0.15) is 0 Å². The molecule has 0 aromatic carbocycles. The summed E-state index contributed by atoms with van der Waals surface area (Å²) in [6.07, 6.45) is 1.29. The summed E-state index contributed by atoms with van der Waals surface area (Å²) in [5.74, 6) is -0.889. The molecule has 0 spiro atoms. The smallest absolute Gasteiger partial charge is 0.534 e. The van der Waals surface area contributed by atoms with E-state index in [0.29, 0.717) is 12.2 Å². The normalized spacial score (nSPS) is 9.36. The first-order valence-electron chi connectivity index (χ1n) is 2.67. The molecular formula is C5H3BBrFNO2. The van der Waals surface area contributed by atoms with Gasteiger partial charge in [-0.3, -0.25) is 0 Å². The Labute approximate surface area is 71.6 Å². The summed E-state index contributed by atoms with van der Waals surface area (Å²) in [7, 11) is 0.395. The van der Waals surface area contributed by atoms with Crippen LogP contribution < -0.4 is 4.65 Å². The molecule has 0 fully saturated rings. The molecule has 1 aromatic rings. The number of pyridine rings is 1. The van der Waals surface area contributed by atoms with Gasteiger partial charge in [-0.05, 0) is 22.0 Å². The van der Waals surface area contributed by atoms with E-state index in [1.165, 1.54) is 12.3 Å². The zero-order valence-corrected chi connectivity index (χ0v) is 6.88. The zero-order valence-electron chi connectivity index (χ0n) is 5.29. The van der Waals surface area contributed by atoms with E-state index in [-0.39, 0.29) is 5.75 Å². The van der Waals surface area contributed by atoms with Gasteiger partial charge >= 0.3 is 7.69 Å². The molecule has 0 aliphatic rings. The summed E-state index contributed by atoms with van der Waals surface area (Å²) in [6, 6.07) is 1.36. The van der Waals surface area contributed by atoms with Crippen molar-refractivity contribution < 1.29 is 14.1 Å². The third-order valence-electron chi connectivity index (χ3n) is 0.953. The van der Waals surface area contributed by atoms with Gasteiger partial charge in [0.05, 0.1) is 0 Å². The van der Waals surface area contributed by atoms with Gasteiger partial charge in [-0.2, -0.15) is 4.39 Å². The molecule has 0 atom stereocenters. The summed E-state index contributed by atoms with van der Waals surface area (Å²) in [5.41, 5.74) is 0. The van der Waals surface area contributed by atoms with Crippen molar-refractivity contribution in [2.24, 2.45) is 0 Å². The van der Waals surface area contributed by atoms with Crippen molar-refractivity contribution in [2.45, 2.75) is 0 Å². The van der Waals surface area contributed by atoms with E-state index in [0.717, 1.165) is 0 Å². The predicted octanol–water partition coefficient (Wildman–Crippen LogP) is 0.889. The van der Waals surface area contributed by atoms with Crippen LogP contribution in [0.4, 0.5) is 4.39 Å². The van der Waals surface area contributed by atoms with E-state index >= 15 is 0 Å². The molecule has 11 heavy (non-hydrogen) atoms. The first-order chi connectivity index (χ1) is 5.24. The van der Waals surface area contributed by atoms with Gasteiger partial charge < -0.3 is 9.68 Å². The Hall–Kier alpha value is -0.615. The minimum absolute atomic E-state index is 0.123. The molecule has 0 amide bonds. The maximum absolute atomic E-state index is 12.6. The minimum Gasteiger partial charge on any atom is -0.534 e. The quantitative estimate of drug-likeness (QED) is 0.592. The van der Waals surface area contributed by atoms with Crippen molar-refractivity contribution in [1.29, 1.82) is 0 Å². The standard InChI is InChI=1S/C5H3BBrFNO2/c7-3-1-4(11-6-10)5(8)9-2-3/h1-2,10H. The van der Waals surface area contributed by atoms with Crippen LogP contribution >= 0.6 is 15.9 Å². The van der Waals surface area contributed by atoms with E-state index in [1.807, 2.05) is 0 Å². The van der Waals surface area contributed by atoms with Crippen molar-refractivity contribution in [2.75, 3.05) is 0 Å². The zero-order chi connectivity index (χ0) is 8.27.